The summed E-state index contributed by atoms with van der Waals surface area (Å²) in [5.74, 6) is 0.780. The van der Waals surface area contributed by atoms with E-state index in [1.165, 1.54) is 0 Å². The highest BCUT2D eigenvalue weighted by Crippen LogP contribution is 2.31. The van der Waals surface area contributed by atoms with Crippen molar-refractivity contribution in [2.75, 3.05) is 34.3 Å². The number of methoxy groups -OCH3 is 1. The largest absolute Gasteiger partial charge is 0.496 e. The molecule has 0 heterocycles. The number of rotatable bonds is 5. The number of ether oxygens (including phenoxy) is 1. The first-order chi connectivity index (χ1) is 9.25. The van der Waals surface area contributed by atoms with Crippen LogP contribution < -0.4 is 10.1 Å². The highest BCUT2D eigenvalue weighted by Gasteiger charge is 2.20. The molecule has 1 N–H and O–H groups in total. The second-order valence-corrected chi connectivity index (χ2v) is 6.22. The van der Waals surface area contributed by atoms with Gasteiger partial charge in [-0.3, -0.25) is 4.79 Å². The van der Waals surface area contributed by atoms with Crippen molar-refractivity contribution in [2.45, 2.75) is 26.2 Å². The SMILES string of the molecule is COc1ccc(C(=O)NCCN(C)C)cc1C(C)(C)C. The number of carbonyl (C=O) groups excluding carboxylic acids is 1. The Labute approximate surface area is 122 Å². The third kappa shape index (κ3) is 4.53. The summed E-state index contributed by atoms with van der Waals surface area (Å²) in [5, 5.41) is 2.93. The van der Waals surface area contributed by atoms with Gasteiger partial charge in [-0.1, -0.05) is 20.8 Å². The molecule has 112 valence electrons. The minimum absolute atomic E-state index is 0.0417. The predicted molar refractivity (Wildman–Crippen MR) is 82.6 cm³/mol. The molecular weight excluding hydrogens is 252 g/mol. The molecule has 0 fully saturated rings. The molecule has 0 aliphatic carbocycles. The Morgan fingerprint density at radius 1 is 1.30 bits per heavy atom. The maximum Gasteiger partial charge on any atom is 0.251 e. The Morgan fingerprint density at radius 2 is 1.95 bits per heavy atom. The maximum absolute atomic E-state index is 12.1. The van der Waals surface area contributed by atoms with E-state index in [1.54, 1.807) is 13.2 Å². The number of likely N-dealkylation sites (N-methyl/N-ethyl adjacent to an activating group) is 1. The van der Waals surface area contributed by atoms with Gasteiger partial charge in [0.15, 0.2) is 0 Å². The number of hydrogen-bond acceptors (Lipinski definition) is 3. The molecule has 0 aliphatic rings. The Balaban J connectivity index is 2.89. The van der Waals surface area contributed by atoms with Crippen molar-refractivity contribution in [3.8, 4) is 5.75 Å². The van der Waals surface area contributed by atoms with Crippen molar-refractivity contribution in [1.29, 1.82) is 0 Å². The first-order valence-electron chi connectivity index (χ1n) is 6.87. The quantitative estimate of drug-likeness (QED) is 0.898. The number of amides is 1. The van der Waals surface area contributed by atoms with Crippen LogP contribution in [0, 0.1) is 0 Å². The minimum atomic E-state index is -0.0642. The summed E-state index contributed by atoms with van der Waals surface area (Å²) in [6, 6.07) is 5.59. The molecule has 0 saturated heterocycles. The Kier molecular flexibility index (Phi) is 5.57. The average molecular weight is 278 g/mol. The lowest BCUT2D eigenvalue weighted by Gasteiger charge is -2.22. The van der Waals surface area contributed by atoms with Gasteiger partial charge in [0, 0.05) is 24.2 Å². The van der Waals surface area contributed by atoms with E-state index in [4.69, 9.17) is 4.74 Å². The fourth-order valence-corrected chi connectivity index (χ4v) is 1.93. The number of nitrogens with zero attached hydrogens (tertiary/aromatic N) is 1. The van der Waals surface area contributed by atoms with Gasteiger partial charge in [-0.15, -0.1) is 0 Å². The fraction of sp³-hybridized carbons (Fsp3) is 0.562. The van der Waals surface area contributed by atoms with Crippen molar-refractivity contribution in [3.05, 3.63) is 29.3 Å². The van der Waals surface area contributed by atoms with Crippen LogP contribution in [-0.4, -0.2) is 45.1 Å². The zero-order valence-electron chi connectivity index (χ0n) is 13.4. The highest BCUT2D eigenvalue weighted by molar-refractivity contribution is 5.94. The second-order valence-electron chi connectivity index (χ2n) is 6.22. The number of hydrogen-bond donors (Lipinski definition) is 1. The van der Waals surface area contributed by atoms with E-state index in [9.17, 15) is 4.79 Å². The highest BCUT2D eigenvalue weighted by atomic mass is 16.5. The predicted octanol–water partition coefficient (Wildman–Crippen LogP) is 2.28. The van der Waals surface area contributed by atoms with E-state index >= 15 is 0 Å². The minimum Gasteiger partial charge on any atom is -0.496 e. The number of nitrogens with one attached hydrogen (secondary N) is 1. The summed E-state index contributed by atoms with van der Waals surface area (Å²) in [4.78, 5) is 14.2. The zero-order chi connectivity index (χ0) is 15.3. The zero-order valence-corrected chi connectivity index (χ0v) is 13.4. The van der Waals surface area contributed by atoms with Gasteiger partial charge < -0.3 is 15.0 Å². The van der Waals surface area contributed by atoms with Crippen molar-refractivity contribution in [3.63, 3.8) is 0 Å². The molecule has 0 radical (unpaired) electrons. The molecule has 4 nitrogen and oxygen atoms in total. The van der Waals surface area contributed by atoms with Gasteiger partial charge in [0.25, 0.3) is 5.91 Å². The van der Waals surface area contributed by atoms with E-state index in [1.807, 2.05) is 31.1 Å². The molecule has 20 heavy (non-hydrogen) atoms. The molecular formula is C16H26N2O2. The first kappa shape index (κ1) is 16.5. The first-order valence-corrected chi connectivity index (χ1v) is 6.87. The molecule has 1 rings (SSSR count). The van der Waals surface area contributed by atoms with E-state index in [0.717, 1.165) is 17.9 Å². The molecule has 0 spiro atoms. The fourth-order valence-electron chi connectivity index (χ4n) is 1.93. The molecule has 0 bridgehead atoms. The summed E-state index contributed by atoms with van der Waals surface area (Å²) in [6.45, 7) is 7.80. The standard InChI is InChI=1S/C16H26N2O2/c1-16(2,3)13-11-12(7-8-14(13)20-6)15(19)17-9-10-18(4)5/h7-8,11H,9-10H2,1-6H3,(H,17,19). The van der Waals surface area contributed by atoms with Gasteiger partial charge in [-0.05, 0) is 37.7 Å². The topological polar surface area (TPSA) is 41.6 Å². The van der Waals surface area contributed by atoms with Gasteiger partial charge in [-0.2, -0.15) is 0 Å². The summed E-state index contributed by atoms with van der Waals surface area (Å²) >= 11 is 0. The van der Waals surface area contributed by atoms with Crippen LogP contribution in [0.1, 0.15) is 36.7 Å². The molecule has 0 aromatic heterocycles. The van der Waals surface area contributed by atoms with Crippen LogP contribution in [0.4, 0.5) is 0 Å². The van der Waals surface area contributed by atoms with E-state index in [-0.39, 0.29) is 11.3 Å². The third-order valence-electron chi connectivity index (χ3n) is 3.11. The normalized spacial score (nSPS) is 11.6. The van der Waals surface area contributed by atoms with E-state index in [2.05, 4.69) is 26.1 Å². The van der Waals surface area contributed by atoms with Crippen LogP contribution in [0.25, 0.3) is 0 Å². The molecule has 0 saturated carbocycles. The van der Waals surface area contributed by atoms with Crippen LogP contribution >= 0.6 is 0 Å². The molecule has 4 heteroatoms. The van der Waals surface area contributed by atoms with E-state index in [0.29, 0.717) is 12.1 Å². The van der Waals surface area contributed by atoms with E-state index < -0.39 is 0 Å². The molecule has 1 aromatic rings. The number of benzene rings is 1. The van der Waals surface area contributed by atoms with Crippen molar-refractivity contribution in [1.82, 2.24) is 10.2 Å². The van der Waals surface area contributed by atoms with Crippen molar-refractivity contribution < 1.29 is 9.53 Å². The van der Waals surface area contributed by atoms with Crippen LogP contribution in [0.2, 0.25) is 0 Å². The monoisotopic (exact) mass is 278 g/mol. The van der Waals surface area contributed by atoms with Gasteiger partial charge >= 0.3 is 0 Å². The van der Waals surface area contributed by atoms with Crippen molar-refractivity contribution in [2.24, 2.45) is 0 Å². The van der Waals surface area contributed by atoms with Crippen LogP contribution in [0.3, 0.4) is 0 Å². The lowest BCUT2D eigenvalue weighted by molar-refractivity contribution is 0.0951. The Morgan fingerprint density at radius 3 is 2.45 bits per heavy atom. The van der Waals surface area contributed by atoms with Gasteiger partial charge in [-0.25, -0.2) is 0 Å². The smallest absolute Gasteiger partial charge is 0.251 e. The number of carbonyl (C=O) groups is 1. The molecule has 0 aliphatic heterocycles. The second kappa shape index (κ2) is 6.75. The van der Waals surface area contributed by atoms with Crippen molar-refractivity contribution >= 4 is 5.91 Å². The average Bonchev–Trinajstić information content (AvgIpc) is 2.36. The molecule has 1 aromatic carbocycles. The van der Waals surface area contributed by atoms with Crippen LogP contribution in [0.15, 0.2) is 18.2 Å². The summed E-state index contributed by atoms with van der Waals surface area (Å²) < 4.78 is 5.38. The van der Waals surface area contributed by atoms with Crippen LogP contribution in [-0.2, 0) is 5.41 Å². The summed E-state index contributed by atoms with van der Waals surface area (Å²) in [5.41, 5.74) is 1.65. The lowest BCUT2D eigenvalue weighted by Crippen LogP contribution is -2.31. The Hall–Kier alpha value is -1.55. The summed E-state index contributed by atoms with van der Waals surface area (Å²) in [6.07, 6.45) is 0. The van der Waals surface area contributed by atoms with Gasteiger partial charge in [0.05, 0.1) is 7.11 Å². The Bertz CT molecular complexity index is 462. The van der Waals surface area contributed by atoms with Crippen LogP contribution in [0.5, 0.6) is 5.75 Å². The van der Waals surface area contributed by atoms with Gasteiger partial charge in [0.1, 0.15) is 5.75 Å². The maximum atomic E-state index is 12.1. The lowest BCUT2D eigenvalue weighted by atomic mass is 9.85. The third-order valence-corrected chi connectivity index (χ3v) is 3.11. The molecule has 1 amide bonds. The van der Waals surface area contributed by atoms with Gasteiger partial charge in [0.2, 0.25) is 0 Å². The summed E-state index contributed by atoms with van der Waals surface area (Å²) in [7, 11) is 5.62. The molecule has 0 unspecified atom stereocenters. The molecule has 0 atom stereocenters.